The van der Waals surface area contributed by atoms with E-state index >= 15 is 0 Å². The van der Waals surface area contributed by atoms with Crippen molar-refractivity contribution in [3.05, 3.63) is 62.5 Å². The molecule has 0 aromatic heterocycles. The first kappa shape index (κ1) is 26.7. The van der Waals surface area contributed by atoms with Crippen LogP contribution in [-0.4, -0.2) is 24.7 Å². The maximum Gasteiger partial charge on any atom is 0.435 e. The number of nitrogens with one attached hydrogen (secondary N) is 1. The average Bonchev–Trinajstić information content (AvgIpc) is 2.67. The highest BCUT2D eigenvalue weighted by Gasteiger charge is 2.73. The Morgan fingerprint density at radius 1 is 1.06 bits per heavy atom. The molecule has 0 aliphatic heterocycles. The van der Waals surface area contributed by atoms with E-state index in [1.54, 1.807) is 0 Å². The summed E-state index contributed by atoms with van der Waals surface area (Å²) < 4.78 is 135. The average molecular weight is 557 g/mol. The number of hydrogen-bond acceptors (Lipinski definition) is 4. The Balaban J connectivity index is 2.65. The summed E-state index contributed by atoms with van der Waals surface area (Å²) in [5, 5.41) is 10.7. The van der Waals surface area contributed by atoms with E-state index in [1.807, 2.05) is 0 Å². The lowest BCUT2D eigenvalue weighted by molar-refractivity contribution is -0.348. The first-order valence-electron chi connectivity index (χ1n) is 8.34. The second-order valence-corrected chi connectivity index (χ2v) is 7.19. The van der Waals surface area contributed by atoms with Crippen LogP contribution in [-0.2, 0) is 12.1 Å². The topological polar surface area (TPSA) is 61.4 Å². The summed E-state index contributed by atoms with van der Waals surface area (Å²) in [6.45, 7) is -3.79. The van der Waals surface area contributed by atoms with E-state index in [-0.39, 0.29) is 12.1 Å². The maximum atomic E-state index is 14.4. The minimum Gasteiger partial charge on any atom is -0.761 e. The molecule has 0 amide bonds. The van der Waals surface area contributed by atoms with Gasteiger partial charge in [0, 0.05) is 22.0 Å². The van der Waals surface area contributed by atoms with Crippen molar-refractivity contribution in [2.75, 3.05) is 5.48 Å². The van der Waals surface area contributed by atoms with Crippen molar-refractivity contribution in [1.82, 2.24) is 0 Å². The predicted octanol–water partition coefficient (Wildman–Crippen LogP) is 6.81. The van der Waals surface area contributed by atoms with Crippen molar-refractivity contribution in [3.8, 4) is 5.75 Å². The second kappa shape index (κ2) is 9.37. The maximum absolute atomic E-state index is 14.4. The van der Waals surface area contributed by atoms with Crippen LogP contribution in [0.25, 0.3) is 0 Å². The zero-order valence-corrected chi connectivity index (χ0v) is 17.1. The molecule has 4 nitrogen and oxygen atoms in total. The van der Waals surface area contributed by atoms with Gasteiger partial charge in [-0.15, -0.1) is 0 Å². The Morgan fingerprint density at radius 2 is 1.64 bits per heavy atom. The van der Waals surface area contributed by atoms with Gasteiger partial charge in [-0.05, 0) is 24.3 Å². The molecule has 1 N–H and O–H groups in total. The van der Waals surface area contributed by atoms with Crippen molar-refractivity contribution in [1.29, 1.82) is 0 Å². The summed E-state index contributed by atoms with van der Waals surface area (Å²) in [7, 11) is 0. The molecule has 0 fully saturated rings. The lowest BCUT2D eigenvalue weighted by atomic mass is 9.91. The molecule has 0 saturated carbocycles. The van der Waals surface area contributed by atoms with Gasteiger partial charge in [-0.2, -0.15) is 35.1 Å². The Kier molecular flexibility index (Phi) is 7.58. The van der Waals surface area contributed by atoms with Gasteiger partial charge in [0.25, 0.3) is 0 Å². The minimum atomic E-state index is -6.54. The molecule has 0 spiro atoms. The van der Waals surface area contributed by atoms with Gasteiger partial charge >= 0.3 is 24.6 Å². The predicted molar refractivity (Wildman–Crippen MR) is 97.1 cm³/mol. The minimum absolute atomic E-state index is 0.00605. The van der Waals surface area contributed by atoms with E-state index in [9.17, 15) is 53.9 Å². The second-order valence-electron chi connectivity index (χ2n) is 6.34. The Labute approximate surface area is 186 Å². The molecule has 0 saturated heterocycles. The number of anilines is 1. The standard InChI is InChI=1S/C18H9BrF10NO3/c19-10-4-7(16(23,17(24,25)26)18(27,28)29)5-13(33-15(21)22)9(10)6-12(31)8-2-1-3-11(30-32)14(8)20/h1-5,15,30H,6H2/q-1. The number of carbonyl (C=O) groups excluding carboxylic acids is 1. The number of carbonyl (C=O) groups is 1. The third-order valence-corrected chi connectivity index (χ3v) is 5.00. The molecule has 0 bridgehead atoms. The van der Waals surface area contributed by atoms with E-state index in [0.29, 0.717) is 0 Å². The van der Waals surface area contributed by atoms with Crippen LogP contribution in [0.15, 0.2) is 34.8 Å². The number of rotatable bonds is 7. The molecular formula is C18H9BrF10NO3-. The number of ether oxygens (including phenoxy) is 1. The van der Waals surface area contributed by atoms with Gasteiger partial charge in [0.1, 0.15) is 5.75 Å². The van der Waals surface area contributed by atoms with Crippen LogP contribution in [0.4, 0.5) is 49.6 Å². The smallest absolute Gasteiger partial charge is 0.435 e. The molecule has 0 heterocycles. The summed E-state index contributed by atoms with van der Waals surface area (Å²) in [5.74, 6) is -3.95. The molecule has 2 rings (SSSR count). The molecule has 182 valence electrons. The van der Waals surface area contributed by atoms with E-state index in [4.69, 9.17) is 0 Å². The molecule has 2 aromatic carbocycles. The van der Waals surface area contributed by atoms with Gasteiger partial charge < -0.3 is 15.4 Å². The highest BCUT2D eigenvalue weighted by molar-refractivity contribution is 9.10. The van der Waals surface area contributed by atoms with Crippen LogP contribution in [0.2, 0.25) is 0 Å². The summed E-state index contributed by atoms with van der Waals surface area (Å²) in [5.41, 5.74) is -9.07. The summed E-state index contributed by atoms with van der Waals surface area (Å²) >= 11 is 2.53. The number of ketones is 1. The highest BCUT2D eigenvalue weighted by atomic mass is 79.9. The van der Waals surface area contributed by atoms with Crippen molar-refractivity contribution in [3.63, 3.8) is 0 Å². The van der Waals surface area contributed by atoms with Gasteiger partial charge in [-0.3, -0.25) is 4.79 Å². The van der Waals surface area contributed by atoms with E-state index < -0.39 is 75.3 Å². The van der Waals surface area contributed by atoms with Crippen molar-refractivity contribution in [2.45, 2.75) is 31.1 Å². The molecule has 0 aliphatic carbocycles. The summed E-state index contributed by atoms with van der Waals surface area (Å²) in [6.07, 6.45) is -14.2. The summed E-state index contributed by atoms with van der Waals surface area (Å²) in [4.78, 5) is 12.4. The zero-order valence-electron chi connectivity index (χ0n) is 15.6. The number of halogens is 11. The van der Waals surface area contributed by atoms with Crippen LogP contribution in [0.3, 0.4) is 0 Å². The van der Waals surface area contributed by atoms with Crippen LogP contribution in [0.1, 0.15) is 21.5 Å². The molecule has 33 heavy (non-hydrogen) atoms. The molecule has 15 heteroatoms. The number of Topliss-reactive ketones (excluding diaryl/α,β-unsaturated/α-hetero) is 1. The van der Waals surface area contributed by atoms with Crippen LogP contribution >= 0.6 is 15.9 Å². The Hall–Kier alpha value is -2.55. The van der Waals surface area contributed by atoms with E-state index in [1.165, 1.54) is 5.48 Å². The third-order valence-electron chi connectivity index (χ3n) is 4.30. The van der Waals surface area contributed by atoms with E-state index in [2.05, 4.69) is 20.7 Å². The molecular weight excluding hydrogens is 548 g/mol. The molecule has 0 radical (unpaired) electrons. The van der Waals surface area contributed by atoms with Crippen LogP contribution in [0.5, 0.6) is 5.75 Å². The van der Waals surface area contributed by atoms with Gasteiger partial charge in [-0.1, -0.05) is 22.0 Å². The van der Waals surface area contributed by atoms with Crippen LogP contribution < -0.4 is 10.2 Å². The molecule has 0 atom stereocenters. The van der Waals surface area contributed by atoms with Crippen molar-refractivity contribution < 1.29 is 53.4 Å². The first-order chi connectivity index (χ1) is 15.0. The third kappa shape index (κ3) is 5.18. The van der Waals surface area contributed by atoms with Gasteiger partial charge in [-0.25, -0.2) is 8.78 Å². The monoisotopic (exact) mass is 556 g/mol. The first-order valence-corrected chi connectivity index (χ1v) is 9.13. The normalized spacial score (nSPS) is 12.8. The lowest BCUT2D eigenvalue weighted by Crippen LogP contribution is -2.50. The molecule has 2 aromatic rings. The molecule has 0 unspecified atom stereocenters. The van der Waals surface area contributed by atoms with Crippen LogP contribution in [0, 0.1) is 11.0 Å². The fourth-order valence-electron chi connectivity index (χ4n) is 2.75. The zero-order chi connectivity index (χ0) is 25.4. The van der Waals surface area contributed by atoms with E-state index in [0.717, 1.165) is 18.2 Å². The SMILES string of the molecule is O=C(Cc1c(Br)cc(C(F)(C(F)(F)F)C(F)(F)F)cc1OC(F)F)c1cccc(N[O-])c1F. The summed E-state index contributed by atoms with van der Waals surface area (Å²) in [6, 6.07) is 2.62. The van der Waals surface area contributed by atoms with Crippen molar-refractivity contribution >= 4 is 27.4 Å². The van der Waals surface area contributed by atoms with Gasteiger partial charge in [0.2, 0.25) is 0 Å². The van der Waals surface area contributed by atoms with Gasteiger partial charge in [0.05, 0.1) is 11.3 Å². The Bertz CT molecular complexity index is 1030. The fourth-order valence-corrected chi connectivity index (χ4v) is 3.34. The lowest BCUT2D eigenvalue weighted by Gasteiger charge is -2.31. The highest BCUT2D eigenvalue weighted by Crippen LogP contribution is 2.54. The fraction of sp³-hybridized carbons (Fsp3) is 0.278. The van der Waals surface area contributed by atoms with Gasteiger partial charge in [0.15, 0.2) is 11.6 Å². The number of hydrogen-bond donors (Lipinski definition) is 1. The number of benzene rings is 2. The van der Waals surface area contributed by atoms with Crippen molar-refractivity contribution in [2.24, 2.45) is 0 Å². The quantitative estimate of drug-likeness (QED) is 0.231. The Morgan fingerprint density at radius 3 is 2.12 bits per heavy atom. The largest absolute Gasteiger partial charge is 0.761 e. The molecule has 0 aliphatic rings. The number of alkyl halides is 9.